The quantitative estimate of drug-likeness (QED) is 0.758. The summed E-state index contributed by atoms with van der Waals surface area (Å²) in [6, 6.07) is 16.8. The molecule has 124 valence electrons. The van der Waals surface area contributed by atoms with Gasteiger partial charge in [-0.05, 0) is 43.9 Å². The third kappa shape index (κ3) is 3.78. The van der Waals surface area contributed by atoms with Crippen molar-refractivity contribution in [3.05, 3.63) is 70.9 Å². The van der Waals surface area contributed by atoms with Gasteiger partial charge in [-0.2, -0.15) is 0 Å². The Balaban J connectivity index is 1.84. The van der Waals surface area contributed by atoms with E-state index in [1.807, 2.05) is 49.3 Å². The van der Waals surface area contributed by atoms with Gasteiger partial charge >= 0.3 is 0 Å². The number of nitrogens with one attached hydrogen (secondary N) is 1. The zero-order chi connectivity index (χ0) is 17.1. The fourth-order valence-electron chi connectivity index (χ4n) is 2.64. The first-order chi connectivity index (χ1) is 11.5. The molecule has 0 saturated carbocycles. The number of carbonyl (C=O) groups excluding carboxylic acids is 1. The lowest BCUT2D eigenvalue weighted by molar-refractivity contribution is 0.0904. The number of hydrogen-bond acceptors (Lipinski definition) is 3. The van der Waals surface area contributed by atoms with Crippen LogP contribution in [0.2, 0.25) is 5.02 Å². The van der Waals surface area contributed by atoms with Crippen LogP contribution in [0.3, 0.4) is 0 Å². The zero-order valence-corrected chi connectivity index (χ0v) is 14.4. The molecule has 0 aliphatic heterocycles. The van der Waals surface area contributed by atoms with E-state index in [2.05, 4.69) is 5.32 Å². The molecule has 0 aliphatic carbocycles. The molecule has 0 unspecified atom stereocenters. The molecular weight excluding hydrogens is 324 g/mol. The topological polar surface area (TPSA) is 45.5 Å². The van der Waals surface area contributed by atoms with Gasteiger partial charge in [-0.15, -0.1) is 0 Å². The standard InChI is InChI=1S/C19H19ClN2O2/c1-22(2)12-16(13-6-4-3-5-7-13)21-19(23)18-11-14-10-15(20)8-9-17(14)24-18/h3-11,16H,12H2,1-2H3,(H,21,23)/t16-/m0/s1. The third-order valence-electron chi connectivity index (χ3n) is 3.76. The number of benzene rings is 2. The number of likely N-dealkylation sites (N-methyl/N-ethyl adjacent to an activating group) is 1. The van der Waals surface area contributed by atoms with Crippen LogP contribution in [-0.2, 0) is 0 Å². The maximum absolute atomic E-state index is 12.6. The first kappa shape index (κ1) is 16.6. The Morgan fingerprint density at radius 2 is 1.92 bits per heavy atom. The summed E-state index contributed by atoms with van der Waals surface area (Å²) in [7, 11) is 3.95. The van der Waals surface area contributed by atoms with Crippen molar-refractivity contribution in [3.63, 3.8) is 0 Å². The molecule has 0 spiro atoms. The van der Waals surface area contributed by atoms with Crippen LogP contribution in [0.4, 0.5) is 0 Å². The van der Waals surface area contributed by atoms with Gasteiger partial charge in [-0.1, -0.05) is 41.9 Å². The molecule has 0 radical (unpaired) electrons. The number of fused-ring (bicyclic) bond motifs is 1. The summed E-state index contributed by atoms with van der Waals surface area (Å²) >= 11 is 5.98. The predicted molar refractivity (Wildman–Crippen MR) is 96.4 cm³/mol. The lowest BCUT2D eigenvalue weighted by atomic mass is 10.1. The molecule has 1 heterocycles. The zero-order valence-electron chi connectivity index (χ0n) is 13.6. The van der Waals surface area contributed by atoms with E-state index in [-0.39, 0.29) is 17.7 Å². The van der Waals surface area contributed by atoms with Crippen LogP contribution < -0.4 is 5.32 Å². The molecule has 1 N–H and O–H groups in total. The second kappa shape index (κ2) is 7.07. The minimum Gasteiger partial charge on any atom is -0.451 e. The molecule has 1 atom stereocenters. The molecule has 0 saturated heterocycles. The van der Waals surface area contributed by atoms with Gasteiger partial charge < -0.3 is 14.6 Å². The summed E-state index contributed by atoms with van der Waals surface area (Å²) in [5.41, 5.74) is 1.70. The van der Waals surface area contributed by atoms with E-state index < -0.39 is 0 Å². The Morgan fingerprint density at radius 3 is 2.62 bits per heavy atom. The van der Waals surface area contributed by atoms with E-state index in [4.69, 9.17) is 16.0 Å². The summed E-state index contributed by atoms with van der Waals surface area (Å²) < 4.78 is 5.64. The van der Waals surface area contributed by atoms with Crippen LogP contribution in [0.15, 0.2) is 59.0 Å². The van der Waals surface area contributed by atoms with Gasteiger partial charge in [0.2, 0.25) is 0 Å². The number of halogens is 1. The number of hydrogen-bond donors (Lipinski definition) is 1. The average Bonchev–Trinajstić information content (AvgIpc) is 2.98. The lowest BCUT2D eigenvalue weighted by Crippen LogP contribution is -2.35. The number of carbonyl (C=O) groups is 1. The number of furan rings is 1. The van der Waals surface area contributed by atoms with Crippen molar-refractivity contribution in [2.75, 3.05) is 20.6 Å². The van der Waals surface area contributed by atoms with E-state index in [1.165, 1.54) is 0 Å². The summed E-state index contributed by atoms with van der Waals surface area (Å²) in [5, 5.41) is 4.48. The van der Waals surface area contributed by atoms with E-state index in [1.54, 1.807) is 24.3 Å². The highest BCUT2D eigenvalue weighted by atomic mass is 35.5. The second-order valence-electron chi connectivity index (χ2n) is 5.99. The van der Waals surface area contributed by atoms with Crippen LogP contribution in [0.1, 0.15) is 22.2 Å². The Kier molecular flexibility index (Phi) is 4.88. The highest BCUT2D eigenvalue weighted by Gasteiger charge is 2.19. The SMILES string of the molecule is CN(C)C[C@H](NC(=O)c1cc2cc(Cl)ccc2o1)c1ccccc1. The van der Waals surface area contributed by atoms with Gasteiger partial charge in [0.25, 0.3) is 5.91 Å². The van der Waals surface area contributed by atoms with Crippen molar-refractivity contribution >= 4 is 28.5 Å². The molecule has 4 nitrogen and oxygen atoms in total. The molecule has 3 aromatic rings. The molecule has 2 aromatic carbocycles. The molecule has 24 heavy (non-hydrogen) atoms. The summed E-state index contributed by atoms with van der Waals surface area (Å²) in [4.78, 5) is 14.6. The van der Waals surface area contributed by atoms with Gasteiger partial charge in [0.15, 0.2) is 5.76 Å². The average molecular weight is 343 g/mol. The van der Waals surface area contributed by atoms with Crippen molar-refractivity contribution in [1.29, 1.82) is 0 Å². The highest BCUT2D eigenvalue weighted by Crippen LogP contribution is 2.23. The second-order valence-corrected chi connectivity index (χ2v) is 6.43. The van der Waals surface area contributed by atoms with E-state index >= 15 is 0 Å². The molecule has 0 aliphatic rings. The van der Waals surface area contributed by atoms with Crippen LogP contribution in [0.5, 0.6) is 0 Å². The van der Waals surface area contributed by atoms with Crippen molar-refractivity contribution in [3.8, 4) is 0 Å². The van der Waals surface area contributed by atoms with Gasteiger partial charge in [0.1, 0.15) is 5.58 Å². The number of amides is 1. The molecule has 3 rings (SSSR count). The first-order valence-electron chi connectivity index (χ1n) is 7.72. The summed E-state index contributed by atoms with van der Waals surface area (Å²) in [6.07, 6.45) is 0. The Bertz CT molecular complexity index is 843. The van der Waals surface area contributed by atoms with E-state index in [9.17, 15) is 4.79 Å². The Morgan fingerprint density at radius 1 is 1.17 bits per heavy atom. The third-order valence-corrected chi connectivity index (χ3v) is 3.99. The van der Waals surface area contributed by atoms with E-state index in [0.29, 0.717) is 17.2 Å². The largest absolute Gasteiger partial charge is 0.451 e. The van der Waals surface area contributed by atoms with E-state index in [0.717, 1.165) is 10.9 Å². The fraction of sp³-hybridized carbons (Fsp3) is 0.211. The normalized spacial score (nSPS) is 12.5. The Hall–Kier alpha value is -2.30. The first-order valence-corrected chi connectivity index (χ1v) is 8.10. The summed E-state index contributed by atoms with van der Waals surface area (Å²) in [5.74, 6) is 0.0463. The molecule has 1 aromatic heterocycles. The number of rotatable bonds is 5. The molecule has 0 fully saturated rings. The van der Waals surface area contributed by atoms with Crippen molar-refractivity contribution in [1.82, 2.24) is 10.2 Å². The lowest BCUT2D eigenvalue weighted by Gasteiger charge is -2.22. The smallest absolute Gasteiger partial charge is 0.287 e. The molecule has 0 bridgehead atoms. The van der Waals surface area contributed by atoms with Crippen molar-refractivity contribution in [2.24, 2.45) is 0 Å². The monoisotopic (exact) mass is 342 g/mol. The van der Waals surface area contributed by atoms with Crippen LogP contribution in [0, 0.1) is 0 Å². The molecule has 1 amide bonds. The molecule has 5 heteroatoms. The maximum atomic E-state index is 12.6. The van der Waals surface area contributed by atoms with Gasteiger partial charge in [0, 0.05) is 17.0 Å². The van der Waals surface area contributed by atoms with Crippen molar-refractivity contribution in [2.45, 2.75) is 6.04 Å². The number of nitrogens with zero attached hydrogens (tertiary/aromatic N) is 1. The van der Waals surface area contributed by atoms with Crippen molar-refractivity contribution < 1.29 is 9.21 Å². The Labute approximate surface area is 146 Å². The molecular formula is C19H19ClN2O2. The minimum absolute atomic E-state index is 0.120. The van der Waals surface area contributed by atoms with Crippen LogP contribution in [0.25, 0.3) is 11.0 Å². The van der Waals surface area contributed by atoms with Crippen LogP contribution in [-0.4, -0.2) is 31.4 Å². The predicted octanol–water partition coefficient (Wildman–Crippen LogP) is 4.12. The minimum atomic E-state index is -0.238. The van der Waals surface area contributed by atoms with Crippen LogP contribution >= 0.6 is 11.6 Å². The van der Waals surface area contributed by atoms with Gasteiger partial charge in [-0.25, -0.2) is 0 Å². The van der Waals surface area contributed by atoms with Gasteiger partial charge in [-0.3, -0.25) is 4.79 Å². The fourth-order valence-corrected chi connectivity index (χ4v) is 2.82. The maximum Gasteiger partial charge on any atom is 0.287 e. The van der Waals surface area contributed by atoms with Gasteiger partial charge in [0.05, 0.1) is 6.04 Å². The summed E-state index contributed by atoms with van der Waals surface area (Å²) in [6.45, 7) is 0.696. The highest BCUT2D eigenvalue weighted by molar-refractivity contribution is 6.31.